The summed E-state index contributed by atoms with van der Waals surface area (Å²) >= 11 is 0. The number of nitrogen functional groups attached to an aromatic ring is 1. The largest absolute Gasteiger partial charge is 0.508 e. The first kappa shape index (κ1) is 13.0. The molecule has 5 nitrogen and oxygen atoms in total. The van der Waals surface area contributed by atoms with Crippen molar-refractivity contribution in [3.8, 4) is 5.75 Å². The van der Waals surface area contributed by atoms with E-state index < -0.39 is 0 Å². The molecule has 3 N–H and O–H groups in total. The van der Waals surface area contributed by atoms with Crippen molar-refractivity contribution < 1.29 is 9.90 Å². The molecule has 0 saturated carbocycles. The number of carbonyl (C=O) groups is 1. The fraction of sp³-hybridized carbons (Fsp3) is 0.214. The molecule has 0 radical (unpaired) electrons. The maximum absolute atomic E-state index is 12.5. The van der Waals surface area contributed by atoms with Crippen molar-refractivity contribution >= 4 is 17.3 Å². The first-order valence-corrected chi connectivity index (χ1v) is 6.05. The molecule has 5 heteroatoms. The number of nitrogens with two attached hydrogens (primary N) is 1. The number of phenolic OH excluding ortho intramolecular Hbond substituents is 1. The number of rotatable bonds is 3. The molecule has 1 aromatic heterocycles. The zero-order valence-corrected chi connectivity index (χ0v) is 11.0. The number of phenols is 1. The lowest BCUT2D eigenvalue weighted by Crippen LogP contribution is -2.31. The van der Waals surface area contributed by atoms with E-state index in [2.05, 4.69) is 0 Å². The van der Waals surface area contributed by atoms with E-state index in [0.29, 0.717) is 23.6 Å². The standard InChI is InChI=1S/C14H17N3O2/c1-3-17(11-5-4-6-12(18)8-11)14(19)13-7-10(15)9-16(13)2/h4-9,18H,3,15H2,1-2H3. The van der Waals surface area contributed by atoms with E-state index in [1.807, 2.05) is 6.92 Å². The van der Waals surface area contributed by atoms with Crippen LogP contribution in [-0.2, 0) is 7.05 Å². The number of hydrogen-bond acceptors (Lipinski definition) is 3. The van der Waals surface area contributed by atoms with E-state index in [0.717, 1.165) is 0 Å². The maximum Gasteiger partial charge on any atom is 0.274 e. The molecular formula is C14H17N3O2. The Morgan fingerprint density at radius 1 is 1.42 bits per heavy atom. The fourth-order valence-corrected chi connectivity index (χ4v) is 2.05. The van der Waals surface area contributed by atoms with Gasteiger partial charge in [0, 0.05) is 31.5 Å². The molecule has 19 heavy (non-hydrogen) atoms. The van der Waals surface area contributed by atoms with Crippen molar-refractivity contribution in [3.63, 3.8) is 0 Å². The fourth-order valence-electron chi connectivity index (χ4n) is 2.05. The third-order valence-electron chi connectivity index (χ3n) is 2.95. The third-order valence-corrected chi connectivity index (χ3v) is 2.95. The molecule has 0 aliphatic rings. The smallest absolute Gasteiger partial charge is 0.274 e. The number of amides is 1. The second-order valence-corrected chi connectivity index (χ2v) is 4.34. The van der Waals surface area contributed by atoms with Crippen LogP contribution in [0.1, 0.15) is 17.4 Å². The van der Waals surface area contributed by atoms with Crippen molar-refractivity contribution in [1.82, 2.24) is 4.57 Å². The van der Waals surface area contributed by atoms with E-state index in [-0.39, 0.29) is 11.7 Å². The Morgan fingerprint density at radius 3 is 2.68 bits per heavy atom. The number of carbonyl (C=O) groups excluding carboxylic acids is 1. The van der Waals surface area contributed by atoms with Crippen LogP contribution >= 0.6 is 0 Å². The summed E-state index contributed by atoms with van der Waals surface area (Å²) in [4.78, 5) is 14.1. The maximum atomic E-state index is 12.5. The summed E-state index contributed by atoms with van der Waals surface area (Å²) in [5.41, 5.74) is 7.42. The van der Waals surface area contributed by atoms with E-state index in [1.54, 1.807) is 53.0 Å². The van der Waals surface area contributed by atoms with Gasteiger partial charge in [0.2, 0.25) is 0 Å². The van der Waals surface area contributed by atoms with Crippen molar-refractivity contribution in [2.24, 2.45) is 7.05 Å². The van der Waals surface area contributed by atoms with Crippen LogP contribution in [0.15, 0.2) is 36.5 Å². The molecule has 0 bridgehead atoms. The van der Waals surface area contributed by atoms with Crippen LogP contribution in [0.2, 0.25) is 0 Å². The van der Waals surface area contributed by atoms with E-state index >= 15 is 0 Å². The molecule has 0 unspecified atom stereocenters. The minimum Gasteiger partial charge on any atom is -0.508 e. The van der Waals surface area contributed by atoms with Crippen LogP contribution in [-0.4, -0.2) is 22.1 Å². The average molecular weight is 259 g/mol. The molecule has 2 rings (SSSR count). The van der Waals surface area contributed by atoms with Crippen LogP contribution in [0.4, 0.5) is 11.4 Å². The Morgan fingerprint density at radius 2 is 2.16 bits per heavy atom. The van der Waals surface area contributed by atoms with Gasteiger partial charge in [-0.3, -0.25) is 4.79 Å². The molecule has 0 aliphatic heterocycles. The molecule has 0 fully saturated rings. The second-order valence-electron chi connectivity index (χ2n) is 4.34. The third kappa shape index (κ3) is 2.54. The van der Waals surface area contributed by atoms with Crippen molar-refractivity contribution in [2.45, 2.75) is 6.92 Å². The number of aromatic nitrogens is 1. The number of anilines is 2. The SMILES string of the molecule is CCN(C(=O)c1cc(N)cn1C)c1cccc(O)c1. The monoisotopic (exact) mass is 259 g/mol. The Kier molecular flexibility index (Phi) is 3.46. The minimum atomic E-state index is -0.146. The summed E-state index contributed by atoms with van der Waals surface area (Å²) in [7, 11) is 1.78. The highest BCUT2D eigenvalue weighted by Crippen LogP contribution is 2.22. The highest BCUT2D eigenvalue weighted by atomic mass is 16.3. The number of hydrogen-bond donors (Lipinski definition) is 2. The van der Waals surface area contributed by atoms with Crippen LogP contribution in [0, 0.1) is 0 Å². The zero-order valence-electron chi connectivity index (χ0n) is 11.0. The van der Waals surface area contributed by atoms with E-state index in [4.69, 9.17) is 5.73 Å². The summed E-state index contributed by atoms with van der Waals surface area (Å²) in [5, 5.41) is 9.51. The van der Waals surface area contributed by atoms with Gasteiger partial charge in [-0.25, -0.2) is 0 Å². The van der Waals surface area contributed by atoms with Crippen LogP contribution in [0.25, 0.3) is 0 Å². The highest BCUT2D eigenvalue weighted by molar-refractivity contribution is 6.05. The Bertz CT molecular complexity index is 604. The minimum absolute atomic E-state index is 0.134. The molecule has 0 aliphatic carbocycles. The molecule has 2 aromatic rings. The first-order chi connectivity index (χ1) is 9.02. The van der Waals surface area contributed by atoms with Gasteiger partial charge in [-0.05, 0) is 25.1 Å². The van der Waals surface area contributed by atoms with Gasteiger partial charge in [-0.2, -0.15) is 0 Å². The number of nitrogens with zero attached hydrogens (tertiary/aromatic N) is 2. The Hall–Kier alpha value is -2.43. The van der Waals surface area contributed by atoms with Gasteiger partial charge in [-0.1, -0.05) is 6.07 Å². The molecule has 1 amide bonds. The Labute approximate surface area is 111 Å². The van der Waals surface area contributed by atoms with Crippen molar-refractivity contribution in [2.75, 3.05) is 17.2 Å². The quantitative estimate of drug-likeness (QED) is 0.885. The van der Waals surface area contributed by atoms with Crippen LogP contribution in [0.5, 0.6) is 5.75 Å². The summed E-state index contributed by atoms with van der Waals surface area (Å²) in [6, 6.07) is 8.27. The van der Waals surface area contributed by atoms with Gasteiger partial charge in [-0.15, -0.1) is 0 Å². The average Bonchev–Trinajstić information content (AvgIpc) is 2.69. The normalized spacial score (nSPS) is 10.4. The molecular weight excluding hydrogens is 242 g/mol. The van der Waals surface area contributed by atoms with Crippen molar-refractivity contribution in [3.05, 3.63) is 42.2 Å². The summed E-state index contributed by atoms with van der Waals surface area (Å²) in [5.74, 6) is -0.0116. The summed E-state index contributed by atoms with van der Waals surface area (Å²) in [6.45, 7) is 2.39. The van der Waals surface area contributed by atoms with Crippen molar-refractivity contribution in [1.29, 1.82) is 0 Å². The van der Waals surface area contributed by atoms with Gasteiger partial charge >= 0.3 is 0 Å². The predicted molar refractivity (Wildman–Crippen MR) is 75.3 cm³/mol. The van der Waals surface area contributed by atoms with E-state index in [1.165, 1.54) is 0 Å². The van der Waals surface area contributed by atoms with E-state index in [9.17, 15) is 9.90 Å². The topological polar surface area (TPSA) is 71.5 Å². The Balaban J connectivity index is 2.37. The summed E-state index contributed by atoms with van der Waals surface area (Å²) in [6.07, 6.45) is 1.70. The molecule has 1 aromatic carbocycles. The first-order valence-electron chi connectivity index (χ1n) is 6.05. The predicted octanol–water partition coefficient (Wildman–Crippen LogP) is 1.98. The zero-order chi connectivity index (χ0) is 14.0. The number of aromatic hydroxyl groups is 1. The van der Waals surface area contributed by atoms with Crippen LogP contribution in [0.3, 0.4) is 0 Å². The molecule has 1 heterocycles. The number of benzene rings is 1. The van der Waals surface area contributed by atoms with Gasteiger partial charge in [0.25, 0.3) is 5.91 Å². The highest BCUT2D eigenvalue weighted by Gasteiger charge is 2.19. The summed E-state index contributed by atoms with van der Waals surface area (Å²) < 4.78 is 1.70. The van der Waals surface area contributed by atoms with Gasteiger partial charge in [0.1, 0.15) is 11.4 Å². The van der Waals surface area contributed by atoms with Gasteiger partial charge in [0.15, 0.2) is 0 Å². The van der Waals surface area contributed by atoms with Gasteiger partial charge in [0.05, 0.1) is 5.69 Å². The molecule has 0 spiro atoms. The number of aryl methyl sites for hydroxylation is 1. The lowest BCUT2D eigenvalue weighted by atomic mass is 10.2. The lowest BCUT2D eigenvalue weighted by Gasteiger charge is -2.21. The van der Waals surface area contributed by atoms with Crippen LogP contribution < -0.4 is 10.6 Å². The molecule has 100 valence electrons. The second kappa shape index (κ2) is 5.06. The molecule has 0 atom stereocenters. The lowest BCUT2D eigenvalue weighted by molar-refractivity contribution is 0.0980. The molecule has 0 saturated heterocycles. The van der Waals surface area contributed by atoms with Gasteiger partial charge < -0.3 is 20.3 Å².